The van der Waals surface area contributed by atoms with Crippen LogP contribution in [0.15, 0.2) is 79.0 Å². The first-order valence-electron chi connectivity index (χ1n) is 12.6. The molecule has 194 valence electrons. The van der Waals surface area contributed by atoms with Crippen molar-refractivity contribution in [2.24, 2.45) is 0 Å². The third kappa shape index (κ3) is 5.60. The van der Waals surface area contributed by atoms with Gasteiger partial charge in [-0.15, -0.1) is 0 Å². The van der Waals surface area contributed by atoms with Crippen LogP contribution in [0.5, 0.6) is 11.5 Å². The monoisotopic (exact) mass is 510 g/mol. The number of hydrogen-bond acceptors (Lipinski definition) is 6. The molecule has 0 aliphatic carbocycles. The molecule has 1 aliphatic rings. The van der Waals surface area contributed by atoms with Gasteiger partial charge in [0, 0.05) is 49.2 Å². The number of carbonyl (C=O) groups excluding carboxylic acids is 2. The molecule has 38 heavy (non-hydrogen) atoms. The van der Waals surface area contributed by atoms with Gasteiger partial charge in [0.1, 0.15) is 17.3 Å². The predicted molar refractivity (Wildman–Crippen MR) is 148 cm³/mol. The molecule has 2 amide bonds. The van der Waals surface area contributed by atoms with E-state index in [4.69, 9.17) is 9.47 Å². The Morgan fingerprint density at radius 2 is 1.66 bits per heavy atom. The van der Waals surface area contributed by atoms with Crippen LogP contribution in [0.1, 0.15) is 34.6 Å². The minimum absolute atomic E-state index is 0.140. The SMILES string of the molecule is CNC(=O)c1cccc2cc(Oc3ccnc(NC(=O)c4ccc(N5CC(C)OC(C)C5)cc4)c3)ccc12. The molecule has 1 saturated heterocycles. The summed E-state index contributed by atoms with van der Waals surface area (Å²) in [6.07, 6.45) is 1.91. The van der Waals surface area contributed by atoms with Crippen molar-refractivity contribution in [1.82, 2.24) is 10.3 Å². The van der Waals surface area contributed by atoms with Crippen LogP contribution in [0, 0.1) is 0 Å². The molecule has 8 nitrogen and oxygen atoms in total. The first-order chi connectivity index (χ1) is 18.4. The van der Waals surface area contributed by atoms with Crippen LogP contribution in [-0.4, -0.2) is 49.1 Å². The van der Waals surface area contributed by atoms with E-state index in [9.17, 15) is 9.59 Å². The van der Waals surface area contributed by atoms with E-state index < -0.39 is 0 Å². The second-order valence-corrected chi connectivity index (χ2v) is 9.41. The van der Waals surface area contributed by atoms with E-state index in [2.05, 4.69) is 34.4 Å². The number of rotatable bonds is 6. The number of carbonyl (C=O) groups is 2. The van der Waals surface area contributed by atoms with Gasteiger partial charge in [-0.1, -0.05) is 12.1 Å². The number of benzene rings is 3. The molecule has 2 N–H and O–H groups in total. The highest BCUT2D eigenvalue weighted by Gasteiger charge is 2.22. The van der Waals surface area contributed by atoms with Gasteiger partial charge in [-0.25, -0.2) is 4.98 Å². The maximum atomic E-state index is 12.9. The number of aromatic nitrogens is 1. The Kier molecular flexibility index (Phi) is 7.24. The molecule has 1 aromatic heterocycles. The van der Waals surface area contributed by atoms with E-state index in [1.54, 1.807) is 31.4 Å². The second kappa shape index (κ2) is 10.9. The Hall–Kier alpha value is -4.43. The standard InChI is InChI=1S/C30H30N4O4/c1-19-17-34(18-20(2)37-19)23-9-7-21(8-10-23)29(35)33-28-16-25(13-14-32-28)38-24-11-12-26-22(15-24)5-4-6-27(26)30(36)31-3/h4-16,19-20H,17-18H2,1-3H3,(H,31,36)(H,32,33,35). The fourth-order valence-electron chi connectivity index (χ4n) is 4.74. The lowest BCUT2D eigenvalue weighted by atomic mass is 10.0. The van der Waals surface area contributed by atoms with Gasteiger partial charge in [0.05, 0.1) is 12.2 Å². The Morgan fingerprint density at radius 1 is 0.921 bits per heavy atom. The maximum absolute atomic E-state index is 12.9. The van der Waals surface area contributed by atoms with Gasteiger partial charge in [-0.05, 0) is 79.2 Å². The summed E-state index contributed by atoms with van der Waals surface area (Å²) in [6, 6.07) is 22.1. The summed E-state index contributed by atoms with van der Waals surface area (Å²) in [4.78, 5) is 31.6. The molecule has 1 fully saturated rings. The summed E-state index contributed by atoms with van der Waals surface area (Å²) in [5, 5.41) is 7.23. The largest absolute Gasteiger partial charge is 0.457 e. The van der Waals surface area contributed by atoms with E-state index in [0.29, 0.717) is 28.4 Å². The molecule has 2 atom stereocenters. The Labute approximate surface area is 221 Å². The lowest BCUT2D eigenvalue weighted by molar-refractivity contribution is -0.00522. The van der Waals surface area contributed by atoms with E-state index in [1.165, 1.54) is 0 Å². The molecule has 0 saturated carbocycles. The van der Waals surface area contributed by atoms with Crippen LogP contribution < -0.4 is 20.3 Å². The van der Waals surface area contributed by atoms with Crippen LogP contribution >= 0.6 is 0 Å². The first-order valence-corrected chi connectivity index (χ1v) is 12.6. The van der Waals surface area contributed by atoms with Gasteiger partial charge in [0.15, 0.2) is 0 Å². The molecule has 1 aliphatic heterocycles. The summed E-state index contributed by atoms with van der Waals surface area (Å²) in [5.74, 6) is 1.13. The number of morpholine rings is 1. The van der Waals surface area contributed by atoms with Crippen molar-refractivity contribution in [2.75, 3.05) is 30.4 Å². The average Bonchev–Trinajstić information content (AvgIpc) is 2.92. The average molecular weight is 511 g/mol. The normalized spacial score (nSPS) is 17.2. The predicted octanol–water partition coefficient (Wildman–Crippen LogP) is 5.25. The van der Waals surface area contributed by atoms with E-state index in [0.717, 1.165) is 29.5 Å². The fraction of sp³-hybridized carbons (Fsp3) is 0.233. The van der Waals surface area contributed by atoms with Crippen LogP contribution in [0.4, 0.5) is 11.5 Å². The topological polar surface area (TPSA) is 92.8 Å². The highest BCUT2D eigenvalue weighted by molar-refractivity contribution is 6.07. The molecule has 2 heterocycles. The Morgan fingerprint density at radius 3 is 2.39 bits per heavy atom. The third-order valence-electron chi connectivity index (χ3n) is 6.45. The summed E-state index contributed by atoms with van der Waals surface area (Å²) >= 11 is 0. The van der Waals surface area contributed by atoms with Gasteiger partial charge in [0.25, 0.3) is 11.8 Å². The first kappa shape index (κ1) is 25.2. The third-order valence-corrected chi connectivity index (χ3v) is 6.45. The summed E-state index contributed by atoms with van der Waals surface area (Å²) in [7, 11) is 1.61. The van der Waals surface area contributed by atoms with Gasteiger partial charge in [-0.3, -0.25) is 9.59 Å². The lowest BCUT2D eigenvalue weighted by Crippen LogP contribution is -2.45. The highest BCUT2D eigenvalue weighted by atomic mass is 16.5. The fourth-order valence-corrected chi connectivity index (χ4v) is 4.74. The van der Waals surface area contributed by atoms with Crippen LogP contribution in [0.25, 0.3) is 10.8 Å². The summed E-state index contributed by atoms with van der Waals surface area (Å²) < 4.78 is 11.8. The number of amides is 2. The highest BCUT2D eigenvalue weighted by Crippen LogP contribution is 2.28. The number of anilines is 2. The summed E-state index contributed by atoms with van der Waals surface area (Å²) in [5.41, 5.74) is 2.21. The van der Waals surface area contributed by atoms with Crippen LogP contribution in [0.3, 0.4) is 0 Å². The van der Waals surface area contributed by atoms with Gasteiger partial charge in [0.2, 0.25) is 0 Å². The molecule has 4 aromatic rings. The molecule has 8 heteroatoms. The van der Waals surface area contributed by atoms with Crippen molar-refractivity contribution < 1.29 is 19.1 Å². The molecular weight excluding hydrogens is 480 g/mol. The van der Waals surface area contributed by atoms with Crippen molar-refractivity contribution in [3.8, 4) is 11.5 Å². The van der Waals surface area contributed by atoms with Crippen LogP contribution in [0.2, 0.25) is 0 Å². The van der Waals surface area contributed by atoms with Gasteiger partial charge in [-0.2, -0.15) is 0 Å². The van der Waals surface area contributed by atoms with E-state index in [-0.39, 0.29) is 24.0 Å². The van der Waals surface area contributed by atoms with Gasteiger partial charge >= 0.3 is 0 Å². The Balaban J connectivity index is 1.26. The zero-order valence-corrected chi connectivity index (χ0v) is 21.6. The maximum Gasteiger partial charge on any atom is 0.256 e. The van der Waals surface area contributed by atoms with Crippen molar-refractivity contribution >= 4 is 34.1 Å². The molecule has 5 rings (SSSR count). The smallest absolute Gasteiger partial charge is 0.256 e. The molecule has 2 unspecified atom stereocenters. The quantitative estimate of drug-likeness (QED) is 0.368. The molecule has 0 bridgehead atoms. The van der Waals surface area contributed by atoms with Gasteiger partial charge < -0.3 is 25.0 Å². The van der Waals surface area contributed by atoms with Crippen molar-refractivity contribution in [3.63, 3.8) is 0 Å². The van der Waals surface area contributed by atoms with Crippen molar-refractivity contribution in [3.05, 3.63) is 90.1 Å². The number of nitrogens with one attached hydrogen (secondary N) is 2. The minimum Gasteiger partial charge on any atom is -0.457 e. The summed E-state index contributed by atoms with van der Waals surface area (Å²) in [6.45, 7) is 5.77. The zero-order chi connectivity index (χ0) is 26.6. The number of nitrogens with zero attached hydrogens (tertiary/aromatic N) is 2. The van der Waals surface area contributed by atoms with Crippen LogP contribution in [-0.2, 0) is 4.74 Å². The molecular formula is C30H30N4O4. The number of hydrogen-bond donors (Lipinski definition) is 2. The number of pyridine rings is 1. The van der Waals surface area contributed by atoms with Crippen molar-refractivity contribution in [1.29, 1.82) is 0 Å². The second-order valence-electron chi connectivity index (χ2n) is 9.41. The molecule has 0 radical (unpaired) electrons. The van der Waals surface area contributed by atoms with E-state index >= 15 is 0 Å². The zero-order valence-electron chi connectivity index (χ0n) is 21.6. The minimum atomic E-state index is -0.252. The number of ether oxygens (including phenoxy) is 2. The molecule has 3 aromatic carbocycles. The Bertz CT molecular complexity index is 1460. The number of fused-ring (bicyclic) bond motifs is 1. The van der Waals surface area contributed by atoms with Crippen molar-refractivity contribution in [2.45, 2.75) is 26.1 Å². The molecule has 0 spiro atoms. The van der Waals surface area contributed by atoms with E-state index in [1.807, 2.05) is 54.6 Å². The lowest BCUT2D eigenvalue weighted by Gasteiger charge is -2.36.